The van der Waals surface area contributed by atoms with Gasteiger partial charge in [0.2, 0.25) is 9.84 Å². The number of benzene rings is 1. The lowest BCUT2D eigenvalue weighted by atomic mass is 10.4. The standard InChI is InChI=1S/C10H10N2O2S2/c1-15-12-10(7-8-11-12)16(13,14)9-5-3-2-4-6-9/h2-8H,1H3. The van der Waals surface area contributed by atoms with Crippen LogP contribution in [0.3, 0.4) is 0 Å². The molecule has 0 amide bonds. The Morgan fingerprint density at radius 2 is 1.88 bits per heavy atom. The molecule has 0 aliphatic heterocycles. The van der Waals surface area contributed by atoms with Gasteiger partial charge in [0.1, 0.15) is 0 Å². The minimum atomic E-state index is -3.46. The highest BCUT2D eigenvalue weighted by Gasteiger charge is 2.21. The Bertz CT molecular complexity index is 576. The van der Waals surface area contributed by atoms with Gasteiger partial charge in [-0.05, 0) is 30.1 Å². The van der Waals surface area contributed by atoms with Crippen LogP contribution in [0.2, 0.25) is 0 Å². The maximum Gasteiger partial charge on any atom is 0.224 e. The molecule has 6 heteroatoms. The normalized spacial score (nSPS) is 11.6. The Labute approximate surface area is 98.3 Å². The Balaban J connectivity index is 2.56. The fourth-order valence-corrected chi connectivity index (χ4v) is 3.49. The SMILES string of the molecule is CSn1nccc1S(=O)(=O)c1ccccc1. The van der Waals surface area contributed by atoms with Crippen molar-refractivity contribution < 1.29 is 8.42 Å². The molecular formula is C10H10N2O2S2. The minimum absolute atomic E-state index is 0.200. The number of hydrogen-bond donors (Lipinski definition) is 0. The first-order chi connectivity index (χ1) is 7.66. The van der Waals surface area contributed by atoms with Crippen molar-refractivity contribution in [1.29, 1.82) is 0 Å². The van der Waals surface area contributed by atoms with Crippen molar-refractivity contribution in [2.45, 2.75) is 9.92 Å². The molecule has 1 aromatic carbocycles. The quantitative estimate of drug-likeness (QED) is 0.838. The van der Waals surface area contributed by atoms with Crippen LogP contribution in [0.25, 0.3) is 0 Å². The summed E-state index contributed by atoms with van der Waals surface area (Å²) in [5.41, 5.74) is 0. The van der Waals surface area contributed by atoms with E-state index in [0.717, 1.165) is 0 Å². The van der Waals surface area contributed by atoms with Crippen molar-refractivity contribution in [3.8, 4) is 0 Å². The van der Waals surface area contributed by atoms with E-state index in [2.05, 4.69) is 5.10 Å². The van der Waals surface area contributed by atoms with Crippen LogP contribution in [-0.4, -0.2) is 23.9 Å². The largest absolute Gasteiger partial charge is 0.224 e. The van der Waals surface area contributed by atoms with Gasteiger partial charge in [0.25, 0.3) is 0 Å². The third-order valence-corrected chi connectivity index (χ3v) is 4.58. The first-order valence-electron chi connectivity index (χ1n) is 4.55. The lowest BCUT2D eigenvalue weighted by molar-refractivity contribution is 0.590. The predicted molar refractivity (Wildman–Crippen MR) is 63.0 cm³/mol. The van der Waals surface area contributed by atoms with E-state index in [9.17, 15) is 8.42 Å². The molecule has 0 aliphatic carbocycles. The van der Waals surface area contributed by atoms with E-state index >= 15 is 0 Å². The molecule has 16 heavy (non-hydrogen) atoms. The van der Waals surface area contributed by atoms with Crippen molar-refractivity contribution in [3.63, 3.8) is 0 Å². The van der Waals surface area contributed by atoms with E-state index in [1.807, 2.05) is 0 Å². The van der Waals surface area contributed by atoms with Gasteiger partial charge >= 0.3 is 0 Å². The van der Waals surface area contributed by atoms with Gasteiger partial charge in [0, 0.05) is 6.26 Å². The summed E-state index contributed by atoms with van der Waals surface area (Å²) in [4.78, 5) is 0.283. The van der Waals surface area contributed by atoms with Crippen molar-refractivity contribution in [1.82, 2.24) is 9.19 Å². The maximum atomic E-state index is 12.2. The van der Waals surface area contributed by atoms with Crippen molar-refractivity contribution in [2.75, 3.05) is 6.26 Å². The van der Waals surface area contributed by atoms with Crippen LogP contribution in [0.1, 0.15) is 0 Å². The van der Waals surface area contributed by atoms with Crippen molar-refractivity contribution >= 4 is 21.8 Å². The molecule has 0 bridgehead atoms. The zero-order valence-corrected chi connectivity index (χ0v) is 10.2. The van der Waals surface area contributed by atoms with Gasteiger partial charge < -0.3 is 0 Å². The highest BCUT2D eigenvalue weighted by atomic mass is 32.2. The molecule has 0 saturated carbocycles. The second-order valence-electron chi connectivity index (χ2n) is 3.04. The Morgan fingerprint density at radius 1 is 1.19 bits per heavy atom. The molecule has 1 aromatic heterocycles. The number of aromatic nitrogens is 2. The summed E-state index contributed by atoms with van der Waals surface area (Å²) < 4.78 is 25.8. The molecule has 0 radical (unpaired) electrons. The van der Waals surface area contributed by atoms with E-state index in [1.165, 1.54) is 28.3 Å². The second kappa shape index (κ2) is 4.31. The van der Waals surface area contributed by atoms with Crippen LogP contribution in [0.15, 0.2) is 52.5 Å². The number of nitrogens with zero attached hydrogens (tertiary/aromatic N) is 2. The van der Waals surface area contributed by atoms with Crippen LogP contribution in [0.4, 0.5) is 0 Å². The van der Waals surface area contributed by atoms with Crippen LogP contribution in [0.5, 0.6) is 0 Å². The molecule has 2 aromatic rings. The van der Waals surface area contributed by atoms with Crippen LogP contribution >= 0.6 is 11.9 Å². The van der Waals surface area contributed by atoms with E-state index in [0.29, 0.717) is 0 Å². The van der Waals surface area contributed by atoms with Gasteiger partial charge in [-0.3, -0.25) is 0 Å². The van der Waals surface area contributed by atoms with Crippen molar-refractivity contribution in [2.24, 2.45) is 0 Å². The van der Waals surface area contributed by atoms with Crippen LogP contribution in [-0.2, 0) is 9.84 Å². The zero-order chi connectivity index (χ0) is 11.6. The second-order valence-corrected chi connectivity index (χ2v) is 5.65. The third kappa shape index (κ3) is 1.85. The fraction of sp³-hybridized carbons (Fsp3) is 0.100. The molecule has 0 atom stereocenters. The van der Waals surface area contributed by atoms with Gasteiger partial charge in [0.15, 0.2) is 5.03 Å². The Hall–Kier alpha value is -1.27. The van der Waals surface area contributed by atoms with Crippen LogP contribution in [0, 0.1) is 0 Å². The van der Waals surface area contributed by atoms with Gasteiger partial charge in [-0.15, -0.1) is 0 Å². The summed E-state index contributed by atoms with van der Waals surface area (Å²) in [6.45, 7) is 0. The summed E-state index contributed by atoms with van der Waals surface area (Å²) in [7, 11) is -3.46. The Kier molecular flexibility index (Phi) is 3.02. The summed E-state index contributed by atoms with van der Waals surface area (Å²) in [5, 5.41) is 4.13. The topological polar surface area (TPSA) is 52.0 Å². The molecule has 0 spiro atoms. The van der Waals surface area contributed by atoms with Gasteiger partial charge in [-0.2, -0.15) is 9.19 Å². The molecule has 0 N–H and O–H groups in total. The molecule has 0 saturated heterocycles. The fourth-order valence-electron chi connectivity index (χ4n) is 1.33. The van der Waals surface area contributed by atoms with E-state index < -0.39 is 9.84 Å². The number of sulfone groups is 1. The lowest BCUT2D eigenvalue weighted by Crippen LogP contribution is -2.06. The summed E-state index contributed by atoms with van der Waals surface area (Å²) >= 11 is 1.25. The molecule has 2 rings (SSSR count). The summed E-state index contributed by atoms with van der Waals surface area (Å²) in [5.74, 6) is 0. The van der Waals surface area contributed by atoms with Crippen molar-refractivity contribution in [3.05, 3.63) is 42.6 Å². The van der Waals surface area contributed by atoms with Gasteiger partial charge in [-0.1, -0.05) is 18.2 Å². The average molecular weight is 254 g/mol. The molecule has 0 fully saturated rings. The van der Waals surface area contributed by atoms with E-state index in [1.54, 1.807) is 36.6 Å². The smallest absolute Gasteiger partial charge is 0.217 e. The van der Waals surface area contributed by atoms with Crippen LogP contribution < -0.4 is 0 Å². The first kappa shape index (κ1) is 11.2. The summed E-state index contributed by atoms with van der Waals surface area (Å²) in [6, 6.07) is 9.84. The number of hydrogen-bond acceptors (Lipinski definition) is 4. The molecule has 0 unspecified atom stereocenters. The molecule has 4 nitrogen and oxygen atoms in total. The molecule has 1 heterocycles. The third-order valence-electron chi connectivity index (χ3n) is 2.08. The zero-order valence-electron chi connectivity index (χ0n) is 8.57. The van der Waals surface area contributed by atoms with Gasteiger partial charge in [-0.25, -0.2) is 8.42 Å². The van der Waals surface area contributed by atoms with Gasteiger partial charge in [0.05, 0.1) is 11.1 Å². The predicted octanol–water partition coefficient (Wildman–Crippen LogP) is 1.84. The highest BCUT2D eigenvalue weighted by molar-refractivity contribution is 7.98. The monoisotopic (exact) mass is 254 g/mol. The molecular weight excluding hydrogens is 244 g/mol. The first-order valence-corrected chi connectivity index (χ1v) is 7.21. The highest BCUT2D eigenvalue weighted by Crippen LogP contribution is 2.21. The summed E-state index contributed by atoms with van der Waals surface area (Å²) in [6.07, 6.45) is 3.25. The number of rotatable bonds is 3. The average Bonchev–Trinajstić information content (AvgIpc) is 2.79. The Morgan fingerprint density at radius 3 is 2.50 bits per heavy atom. The van der Waals surface area contributed by atoms with E-state index in [4.69, 9.17) is 0 Å². The maximum absolute atomic E-state index is 12.2. The lowest BCUT2D eigenvalue weighted by Gasteiger charge is -2.04. The van der Waals surface area contributed by atoms with E-state index in [-0.39, 0.29) is 9.92 Å². The minimum Gasteiger partial charge on any atom is -0.217 e. The molecule has 0 aliphatic rings. The molecule has 84 valence electrons.